The molecule has 0 spiro atoms. The number of thioether (sulfide) groups is 1. The second-order valence-electron chi connectivity index (χ2n) is 5.29. The van der Waals surface area contributed by atoms with Crippen molar-refractivity contribution in [2.45, 2.75) is 36.7 Å². The molecule has 3 unspecified atom stereocenters. The summed E-state index contributed by atoms with van der Waals surface area (Å²) in [6.45, 7) is 0. The molecule has 112 valence electrons. The van der Waals surface area contributed by atoms with E-state index in [0.717, 1.165) is 24.0 Å². The molecule has 1 aromatic carbocycles. The molecule has 1 aliphatic heterocycles. The number of aliphatic hydroxyl groups excluding tert-OH is 1. The Morgan fingerprint density at radius 1 is 1.33 bits per heavy atom. The Hall–Kier alpha value is -0.680. The third kappa shape index (κ3) is 3.09. The van der Waals surface area contributed by atoms with E-state index < -0.39 is 6.10 Å². The summed E-state index contributed by atoms with van der Waals surface area (Å²) in [6.07, 6.45) is 1.38. The van der Waals surface area contributed by atoms with Gasteiger partial charge in [-0.3, -0.25) is 4.79 Å². The number of carbonyl (C=O) groups excluding carboxylic acids is 1. The van der Waals surface area contributed by atoms with Gasteiger partial charge in [0.1, 0.15) is 0 Å². The largest absolute Gasteiger partial charge is 0.386 e. The minimum absolute atomic E-state index is 0.114. The van der Waals surface area contributed by atoms with E-state index in [1.54, 1.807) is 0 Å². The fourth-order valence-corrected chi connectivity index (χ4v) is 4.45. The summed E-state index contributed by atoms with van der Waals surface area (Å²) in [5.74, 6) is -0.114. The fraction of sp³-hybridized carbons (Fsp3) is 0.400. The SMILES string of the molecule is O=C(NC1CCc2ccccc2C1O)C1CC(Cl)=C(Cl)S1. The Labute approximate surface area is 137 Å². The van der Waals surface area contributed by atoms with Crippen molar-refractivity contribution in [1.82, 2.24) is 5.32 Å². The molecule has 0 radical (unpaired) electrons. The van der Waals surface area contributed by atoms with Crippen molar-refractivity contribution in [2.24, 2.45) is 0 Å². The van der Waals surface area contributed by atoms with Crippen LogP contribution in [0.5, 0.6) is 0 Å². The molecule has 3 rings (SSSR count). The number of nitrogens with one attached hydrogen (secondary N) is 1. The second-order valence-corrected chi connectivity index (χ2v) is 7.56. The van der Waals surface area contributed by atoms with Crippen LogP contribution in [0.3, 0.4) is 0 Å². The van der Waals surface area contributed by atoms with Crippen LogP contribution in [0.4, 0.5) is 0 Å². The van der Waals surface area contributed by atoms with E-state index in [1.807, 2.05) is 24.3 Å². The number of carbonyl (C=O) groups is 1. The number of hydrogen-bond acceptors (Lipinski definition) is 3. The Bertz CT molecular complexity index is 591. The lowest BCUT2D eigenvalue weighted by Gasteiger charge is -2.31. The Kier molecular flexibility index (Phi) is 4.50. The summed E-state index contributed by atoms with van der Waals surface area (Å²) in [7, 11) is 0. The number of allylic oxidation sites excluding steroid dienone is 1. The van der Waals surface area contributed by atoms with Crippen molar-refractivity contribution in [3.8, 4) is 0 Å². The van der Waals surface area contributed by atoms with Crippen molar-refractivity contribution in [2.75, 3.05) is 0 Å². The number of halogens is 2. The van der Waals surface area contributed by atoms with Gasteiger partial charge in [-0.05, 0) is 24.0 Å². The maximum absolute atomic E-state index is 12.3. The molecule has 6 heteroatoms. The molecule has 1 amide bonds. The first kappa shape index (κ1) is 15.2. The number of amides is 1. The maximum atomic E-state index is 12.3. The number of aliphatic hydroxyl groups is 1. The van der Waals surface area contributed by atoms with Gasteiger partial charge in [-0.25, -0.2) is 0 Å². The van der Waals surface area contributed by atoms with Crippen molar-refractivity contribution in [1.29, 1.82) is 0 Å². The number of benzene rings is 1. The van der Waals surface area contributed by atoms with Gasteiger partial charge in [0.25, 0.3) is 0 Å². The maximum Gasteiger partial charge on any atom is 0.234 e. The minimum atomic E-state index is -0.663. The van der Waals surface area contributed by atoms with Gasteiger partial charge in [0, 0.05) is 11.5 Å². The van der Waals surface area contributed by atoms with E-state index >= 15 is 0 Å². The number of hydrogen-bond donors (Lipinski definition) is 2. The molecule has 1 aliphatic carbocycles. The van der Waals surface area contributed by atoms with Gasteiger partial charge in [-0.1, -0.05) is 59.2 Å². The number of rotatable bonds is 2. The molecular formula is C15H15Cl2NO2S. The summed E-state index contributed by atoms with van der Waals surface area (Å²) in [5, 5.41) is 13.6. The first-order valence-electron chi connectivity index (χ1n) is 6.83. The van der Waals surface area contributed by atoms with E-state index in [1.165, 1.54) is 11.8 Å². The van der Waals surface area contributed by atoms with Gasteiger partial charge in [-0.15, -0.1) is 0 Å². The normalized spacial score (nSPS) is 28.4. The molecule has 0 saturated carbocycles. The van der Waals surface area contributed by atoms with E-state index in [0.29, 0.717) is 15.8 Å². The lowest BCUT2D eigenvalue weighted by atomic mass is 9.86. The standard InChI is InChI=1S/C15H15Cl2NO2S/c16-10-7-12(21-14(10)17)15(20)18-11-6-5-8-3-1-2-4-9(8)13(11)19/h1-4,11-13,19H,5-7H2,(H,18,20). The molecule has 0 fully saturated rings. The Morgan fingerprint density at radius 3 is 2.81 bits per heavy atom. The summed E-state index contributed by atoms with van der Waals surface area (Å²) in [4.78, 5) is 12.3. The molecule has 3 atom stereocenters. The molecule has 1 heterocycles. The van der Waals surface area contributed by atoms with Crippen LogP contribution in [0, 0.1) is 0 Å². The van der Waals surface area contributed by atoms with E-state index in [2.05, 4.69) is 5.32 Å². The summed E-state index contributed by atoms with van der Waals surface area (Å²) in [6, 6.07) is 7.55. The molecule has 1 aromatic rings. The number of fused-ring (bicyclic) bond motifs is 1. The minimum Gasteiger partial charge on any atom is -0.386 e. The van der Waals surface area contributed by atoms with Crippen LogP contribution >= 0.6 is 35.0 Å². The molecule has 0 bridgehead atoms. The lowest BCUT2D eigenvalue weighted by molar-refractivity contribution is -0.122. The first-order chi connectivity index (χ1) is 10.1. The molecule has 21 heavy (non-hydrogen) atoms. The average Bonchev–Trinajstić information content (AvgIpc) is 2.82. The summed E-state index contributed by atoms with van der Waals surface area (Å²) >= 11 is 13.1. The van der Waals surface area contributed by atoms with E-state index in [4.69, 9.17) is 23.2 Å². The lowest BCUT2D eigenvalue weighted by Crippen LogP contribution is -2.45. The van der Waals surface area contributed by atoms with Crippen LogP contribution in [0.2, 0.25) is 0 Å². The van der Waals surface area contributed by atoms with Crippen LogP contribution in [0.15, 0.2) is 33.7 Å². The van der Waals surface area contributed by atoms with Gasteiger partial charge >= 0.3 is 0 Å². The molecule has 0 aromatic heterocycles. The Balaban J connectivity index is 1.66. The van der Waals surface area contributed by atoms with Crippen LogP contribution in [-0.4, -0.2) is 22.3 Å². The van der Waals surface area contributed by atoms with Crippen molar-refractivity contribution < 1.29 is 9.90 Å². The van der Waals surface area contributed by atoms with Crippen LogP contribution in [0.1, 0.15) is 30.1 Å². The second kappa shape index (κ2) is 6.21. The monoisotopic (exact) mass is 343 g/mol. The third-order valence-electron chi connectivity index (χ3n) is 3.92. The van der Waals surface area contributed by atoms with Crippen molar-refractivity contribution >= 4 is 40.9 Å². The zero-order valence-corrected chi connectivity index (χ0v) is 13.5. The smallest absolute Gasteiger partial charge is 0.234 e. The average molecular weight is 344 g/mol. The topological polar surface area (TPSA) is 49.3 Å². The van der Waals surface area contributed by atoms with Crippen molar-refractivity contribution in [3.63, 3.8) is 0 Å². The predicted molar refractivity (Wildman–Crippen MR) is 86.4 cm³/mol. The zero-order chi connectivity index (χ0) is 15.0. The molecule has 0 saturated heterocycles. The Morgan fingerprint density at radius 2 is 2.10 bits per heavy atom. The highest BCUT2D eigenvalue weighted by molar-refractivity contribution is 8.06. The fourth-order valence-electron chi connectivity index (χ4n) is 2.78. The molecule has 2 N–H and O–H groups in total. The third-order valence-corrected chi connectivity index (χ3v) is 6.09. The zero-order valence-electron chi connectivity index (χ0n) is 11.2. The van der Waals surface area contributed by atoms with E-state index in [-0.39, 0.29) is 17.2 Å². The van der Waals surface area contributed by atoms with Gasteiger partial charge < -0.3 is 10.4 Å². The highest BCUT2D eigenvalue weighted by Crippen LogP contribution is 2.42. The van der Waals surface area contributed by atoms with Gasteiger partial charge in [0.15, 0.2) is 0 Å². The van der Waals surface area contributed by atoms with Gasteiger partial charge in [-0.2, -0.15) is 0 Å². The van der Waals surface area contributed by atoms with Crippen LogP contribution < -0.4 is 5.32 Å². The van der Waals surface area contributed by atoms with Gasteiger partial charge in [0.05, 0.1) is 21.8 Å². The first-order valence-corrected chi connectivity index (χ1v) is 8.47. The van der Waals surface area contributed by atoms with Crippen LogP contribution in [0.25, 0.3) is 0 Å². The molecule has 3 nitrogen and oxygen atoms in total. The highest BCUT2D eigenvalue weighted by Gasteiger charge is 2.33. The summed E-state index contributed by atoms with van der Waals surface area (Å²) < 4.78 is 0.492. The van der Waals surface area contributed by atoms with Crippen molar-refractivity contribution in [3.05, 3.63) is 44.8 Å². The van der Waals surface area contributed by atoms with Crippen LogP contribution in [-0.2, 0) is 11.2 Å². The highest BCUT2D eigenvalue weighted by atomic mass is 35.5. The number of aryl methyl sites for hydroxylation is 1. The summed E-state index contributed by atoms with van der Waals surface area (Å²) in [5.41, 5.74) is 2.06. The quantitative estimate of drug-likeness (QED) is 0.866. The molecular weight excluding hydrogens is 329 g/mol. The predicted octanol–water partition coefficient (Wildman–Crippen LogP) is 3.30. The van der Waals surface area contributed by atoms with E-state index in [9.17, 15) is 9.90 Å². The van der Waals surface area contributed by atoms with Gasteiger partial charge in [0.2, 0.25) is 5.91 Å². The molecule has 2 aliphatic rings.